The molecule has 16 heavy (non-hydrogen) atoms. The number of fused-ring (bicyclic) bond motifs is 1. The van der Waals surface area contributed by atoms with Crippen molar-refractivity contribution in [2.45, 2.75) is 5.16 Å². The van der Waals surface area contributed by atoms with Gasteiger partial charge in [0, 0.05) is 17.7 Å². The van der Waals surface area contributed by atoms with Crippen molar-refractivity contribution in [2.75, 3.05) is 24.7 Å². The van der Waals surface area contributed by atoms with Crippen LogP contribution in [0.25, 0.3) is 5.65 Å². The van der Waals surface area contributed by atoms with Crippen LogP contribution in [0.3, 0.4) is 0 Å². The number of nitrogens with zero attached hydrogens (tertiary/aromatic N) is 3. The number of hydrogen-bond donors (Lipinski definition) is 1. The molecular formula is C10H13N3OS2. The van der Waals surface area contributed by atoms with Gasteiger partial charge in [-0.05, 0) is 12.1 Å². The third-order valence-electron chi connectivity index (χ3n) is 1.98. The van der Waals surface area contributed by atoms with Crippen LogP contribution in [0.5, 0.6) is 0 Å². The van der Waals surface area contributed by atoms with Gasteiger partial charge in [0.1, 0.15) is 0 Å². The van der Waals surface area contributed by atoms with Crippen molar-refractivity contribution in [2.24, 2.45) is 0 Å². The molecule has 0 fully saturated rings. The summed E-state index contributed by atoms with van der Waals surface area (Å²) in [6.45, 7) is 1.41. The van der Waals surface area contributed by atoms with E-state index in [-0.39, 0.29) is 0 Å². The summed E-state index contributed by atoms with van der Waals surface area (Å²) in [5.41, 5.74) is 0.876. The van der Waals surface area contributed by atoms with Gasteiger partial charge in [-0.1, -0.05) is 17.8 Å². The van der Waals surface area contributed by atoms with Crippen LogP contribution in [0.1, 0.15) is 0 Å². The standard InChI is InChI=1S/C10H13N3OS2/c15-7-5-14-6-8-16-10-12-11-9-3-1-2-4-13(9)10/h1-4,15H,5-8H2. The van der Waals surface area contributed by atoms with Crippen LogP contribution in [0, 0.1) is 0 Å². The molecule has 0 aromatic carbocycles. The summed E-state index contributed by atoms with van der Waals surface area (Å²) in [5.74, 6) is 1.64. The van der Waals surface area contributed by atoms with E-state index < -0.39 is 0 Å². The molecular weight excluding hydrogens is 242 g/mol. The van der Waals surface area contributed by atoms with Crippen LogP contribution in [0.2, 0.25) is 0 Å². The van der Waals surface area contributed by atoms with Gasteiger partial charge in [0.25, 0.3) is 0 Å². The highest BCUT2D eigenvalue weighted by atomic mass is 32.2. The highest BCUT2D eigenvalue weighted by Gasteiger charge is 2.03. The number of aromatic nitrogens is 3. The number of hydrogen-bond acceptors (Lipinski definition) is 5. The molecule has 2 heterocycles. The van der Waals surface area contributed by atoms with Crippen molar-refractivity contribution in [3.63, 3.8) is 0 Å². The lowest BCUT2D eigenvalue weighted by Gasteiger charge is -2.01. The molecule has 0 spiro atoms. The van der Waals surface area contributed by atoms with Gasteiger partial charge in [0.05, 0.1) is 13.2 Å². The third-order valence-corrected chi connectivity index (χ3v) is 3.07. The summed E-state index contributed by atoms with van der Waals surface area (Å²) in [6.07, 6.45) is 1.96. The van der Waals surface area contributed by atoms with E-state index in [1.807, 2.05) is 28.8 Å². The highest BCUT2D eigenvalue weighted by Crippen LogP contribution is 2.15. The molecule has 2 aromatic heterocycles. The van der Waals surface area contributed by atoms with Crippen molar-refractivity contribution < 1.29 is 4.74 Å². The van der Waals surface area contributed by atoms with Gasteiger partial charge < -0.3 is 4.74 Å². The smallest absolute Gasteiger partial charge is 0.195 e. The number of ether oxygens (including phenoxy) is 1. The fourth-order valence-corrected chi connectivity index (χ4v) is 2.18. The van der Waals surface area contributed by atoms with Crippen molar-refractivity contribution in [1.82, 2.24) is 14.6 Å². The molecule has 0 amide bonds. The lowest BCUT2D eigenvalue weighted by molar-refractivity contribution is 0.167. The summed E-state index contributed by atoms with van der Waals surface area (Å²) in [5, 5.41) is 9.10. The Kier molecular flexibility index (Phi) is 4.50. The zero-order valence-corrected chi connectivity index (χ0v) is 10.5. The Balaban J connectivity index is 1.89. The molecule has 4 nitrogen and oxygen atoms in total. The summed E-state index contributed by atoms with van der Waals surface area (Å²) in [7, 11) is 0. The van der Waals surface area contributed by atoms with E-state index in [2.05, 4.69) is 22.8 Å². The average molecular weight is 255 g/mol. The molecule has 0 aliphatic rings. The number of thiol groups is 1. The maximum atomic E-state index is 5.34. The van der Waals surface area contributed by atoms with Gasteiger partial charge in [-0.25, -0.2) is 0 Å². The summed E-state index contributed by atoms with van der Waals surface area (Å²) < 4.78 is 7.31. The third kappa shape index (κ3) is 2.90. The molecule has 2 rings (SSSR count). The first-order valence-electron chi connectivity index (χ1n) is 5.03. The molecule has 0 radical (unpaired) electrons. The van der Waals surface area contributed by atoms with Crippen LogP contribution >= 0.6 is 24.4 Å². The van der Waals surface area contributed by atoms with E-state index in [0.717, 1.165) is 22.3 Å². The van der Waals surface area contributed by atoms with E-state index in [1.54, 1.807) is 11.8 Å². The Labute approximate surface area is 104 Å². The molecule has 0 atom stereocenters. The van der Waals surface area contributed by atoms with Crippen LogP contribution in [-0.2, 0) is 4.74 Å². The van der Waals surface area contributed by atoms with Crippen LogP contribution in [0.15, 0.2) is 29.6 Å². The SMILES string of the molecule is SCCOCCSc1nnc2ccccn12. The van der Waals surface area contributed by atoms with Crippen molar-refractivity contribution >= 4 is 30.0 Å². The second kappa shape index (κ2) is 6.12. The first-order chi connectivity index (χ1) is 7.92. The Morgan fingerprint density at radius 2 is 2.25 bits per heavy atom. The largest absolute Gasteiger partial charge is 0.380 e. The summed E-state index contributed by atoms with van der Waals surface area (Å²) in [4.78, 5) is 0. The topological polar surface area (TPSA) is 39.4 Å². The lowest BCUT2D eigenvalue weighted by Crippen LogP contribution is -2.00. The molecule has 0 saturated carbocycles. The monoisotopic (exact) mass is 255 g/mol. The first kappa shape index (κ1) is 11.8. The Hall–Kier alpha value is -0.720. The fourth-order valence-electron chi connectivity index (χ4n) is 1.28. The van der Waals surface area contributed by atoms with Gasteiger partial charge in [0.15, 0.2) is 10.8 Å². The second-order valence-electron chi connectivity index (χ2n) is 3.10. The molecule has 0 N–H and O–H groups in total. The van der Waals surface area contributed by atoms with E-state index in [9.17, 15) is 0 Å². The molecule has 0 unspecified atom stereocenters. The predicted octanol–water partition coefficient (Wildman–Crippen LogP) is 1.77. The minimum atomic E-state index is 0.699. The van der Waals surface area contributed by atoms with Gasteiger partial charge in [0.2, 0.25) is 0 Å². The Morgan fingerprint density at radius 1 is 1.31 bits per heavy atom. The fraction of sp³-hybridized carbons (Fsp3) is 0.400. The van der Waals surface area contributed by atoms with E-state index >= 15 is 0 Å². The van der Waals surface area contributed by atoms with Crippen LogP contribution in [-0.4, -0.2) is 39.3 Å². The minimum absolute atomic E-state index is 0.699. The van der Waals surface area contributed by atoms with Crippen molar-refractivity contribution in [3.8, 4) is 0 Å². The number of pyridine rings is 1. The van der Waals surface area contributed by atoms with Gasteiger partial charge in [-0.2, -0.15) is 12.6 Å². The van der Waals surface area contributed by atoms with Crippen molar-refractivity contribution in [3.05, 3.63) is 24.4 Å². The maximum absolute atomic E-state index is 5.34. The zero-order chi connectivity index (χ0) is 11.2. The lowest BCUT2D eigenvalue weighted by atomic mass is 10.5. The summed E-state index contributed by atoms with van der Waals surface area (Å²) >= 11 is 5.72. The second-order valence-corrected chi connectivity index (χ2v) is 4.61. The average Bonchev–Trinajstić information content (AvgIpc) is 2.73. The maximum Gasteiger partial charge on any atom is 0.195 e. The van der Waals surface area contributed by atoms with Gasteiger partial charge in [-0.15, -0.1) is 10.2 Å². The molecule has 2 aromatic rings. The molecule has 86 valence electrons. The minimum Gasteiger partial charge on any atom is -0.380 e. The summed E-state index contributed by atoms with van der Waals surface area (Å²) in [6, 6.07) is 5.86. The normalized spacial score (nSPS) is 11.1. The van der Waals surface area contributed by atoms with Crippen LogP contribution < -0.4 is 0 Å². The highest BCUT2D eigenvalue weighted by molar-refractivity contribution is 7.99. The quantitative estimate of drug-likeness (QED) is 0.485. The van der Waals surface area contributed by atoms with E-state index in [0.29, 0.717) is 13.2 Å². The van der Waals surface area contributed by atoms with Crippen molar-refractivity contribution in [1.29, 1.82) is 0 Å². The molecule has 0 aliphatic heterocycles. The Bertz CT molecular complexity index is 446. The number of rotatable bonds is 6. The Morgan fingerprint density at radius 3 is 3.12 bits per heavy atom. The first-order valence-corrected chi connectivity index (χ1v) is 6.65. The molecule has 6 heteroatoms. The molecule has 0 bridgehead atoms. The predicted molar refractivity (Wildman–Crippen MR) is 68.4 cm³/mol. The molecule has 0 aliphatic carbocycles. The molecule has 0 saturated heterocycles. The van der Waals surface area contributed by atoms with Crippen LogP contribution in [0.4, 0.5) is 0 Å². The number of thioether (sulfide) groups is 1. The zero-order valence-electron chi connectivity index (χ0n) is 8.74. The van der Waals surface area contributed by atoms with E-state index in [1.165, 1.54) is 0 Å². The van der Waals surface area contributed by atoms with E-state index in [4.69, 9.17) is 4.74 Å². The van der Waals surface area contributed by atoms with Gasteiger partial charge >= 0.3 is 0 Å². The van der Waals surface area contributed by atoms with Gasteiger partial charge in [-0.3, -0.25) is 4.40 Å².